The smallest absolute Gasteiger partial charge is 0.230 e. The maximum absolute atomic E-state index is 12.8. The van der Waals surface area contributed by atoms with Crippen molar-refractivity contribution in [2.24, 2.45) is 11.1 Å². The monoisotopic (exact) mass is 272 g/mol. The van der Waals surface area contributed by atoms with Crippen LogP contribution in [0.2, 0.25) is 0 Å². The molecule has 3 N–H and O–H groups in total. The van der Waals surface area contributed by atoms with E-state index >= 15 is 0 Å². The predicted molar refractivity (Wildman–Crippen MR) is 79.9 cm³/mol. The summed E-state index contributed by atoms with van der Waals surface area (Å²) in [7, 11) is 0. The zero-order chi connectivity index (χ0) is 14.7. The van der Waals surface area contributed by atoms with Gasteiger partial charge in [0.15, 0.2) is 0 Å². The highest BCUT2D eigenvalue weighted by molar-refractivity contribution is 5.83. The molecule has 0 saturated heterocycles. The molecule has 0 fully saturated rings. The molecule has 4 heteroatoms. The molecule has 1 amide bonds. The number of nitrogens with two attached hydrogens (primary N) is 1. The molecule has 0 radical (unpaired) electrons. The minimum absolute atomic E-state index is 0.0222. The first-order valence-corrected chi connectivity index (χ1v) is 7.72. The molecule has 0 spiro atoms. The van der Waals surface area contributed by atoms with E-state index in [0.29, 0.717) is 13.1 Å². The Balaban J connectivity index is 4.97. The molecule has 114 valence electrons. The average Bonchev–Trinajstić information content (AvgIpc) is 2.42. The number of amides is 1. The van der Waals surface area contributed by atoms with Crippen molar-refractivity contribution in [3.63, 3.8) is 0 Å². The lowest BCUT2D eigenvalue weighted by Crippen LogP contribution is -2.49. The van der Waals surface area contributed by atoms with Crippen LogP contribution in [0.1, 0.15) is 59.3 Å². The Labute approximate surface area is 118 Å². The van der Waals surface area contributed by atoms with E-state index in [9.17, 15) is 4.79 Å². The number of nitrogens with zero attached hydrogens (tertiary/aromatic N) is 1. The summed E-state index contributed by atoms with van der Waals surface area (Å²) in [4.78, 5) is 14.6. The van der Waals surface area contributed by atoms with E-state index in [1.807, 2.05) is 4.90 Å². The molecule has 0 aliphatic carbocycles. The van der Waals surface area contributed by atoms with Crippen molar-refractivity contribution in [1.82, 2.24) is 4.90 Å². The molecule has 0 aliphatic rings. The fraction of sp³-hybridized carbons (Fsp3) is 0.933. The Morgan fingerprint density at radius 3 is 2.05 bits per heavy atom. The van der Waals surface area contributed by atoms with Crippen LogP contribution in [0.4, 0.5) is 0 Å². The van der Waals surface area contributed by atoms with Gasteiger partial charge in [0, 0.05) is 19.6 Å². The van der Waals surface area contributed by atoms with Crippen molar-refractivity contribution in [2.45, 2.75) is 59.3 Å². The Morgan fingerprint density at radius 1 is 1.11 bits per heavy atom. The molecule has 0 heterocycles. The molecule has 0 aliphatic heterocycles. The van der Waals surface area contributed by atoms with E-state index in [4.69, 9.17) is 10.8 Å². The fourth-order valence-corrected chi connectivity index (χ4v) is 2.71. The first kappa shape index (κ1) is 18.4. The van der Waals surface area contributed by atoms with Gasteiger partial charge in [-0.15, -0.1) is 0 Å². The first-order chi connectivity index (χ1) is 9.11. The summed E-state index contributed by atoms with van der Waals surface area (Å²) in [6.07, 6.45) is 5.62. The van der Waals surface area contributed by atoms with E-state index < -0.39 is 5.41 Å². The molecule has 0 aromatic carbocycles. The van der Waals surface area contributed by atoms with Gasteiger partial charge in [-0.25, -0.2) is 0 Å². The van der Waals surface area contributed by atoms with Gasteiger partial charge in [-0.3, -0.25) is 4.79 Å². The van der Waals surface area contributed by atoms with Crippen molar-refractivity contribution in [2.75, 3.05) is 26.2 Å². The molecule has 0 saturated carbocycles. The summed E-state index contributed by atoms with van der Waals surface area (Å²) < 4.78 is 0. The second-order valence-electron chi connectivity index (χ2n) is 5.35. The maximum Gasteiger partial charge on any atom is 0.230 e. The molecule has 0 unspecified atom stereocenters. The maximum atomic E-state index is 12.8. The number of aliphatic hydroxyl groups excluding tert-OH is 1. The molecular formula is C15H32N2O2. The normalized spacial score (nSPS) is 11.6. The van der Waals surface area contributed by atoms with Crippen LogP contribution in [0.3, 0.4) is 0 Å². The van der Waals surface area contributed by atoms with Crippen LogP contribution in [0, 0.1) is 5.41 Å². The molecular weight excluding hydrogens is 240 g/mol. The van der Waals surface area contributed by atoms with Crippen molar-refractivity contribution >= 4 is 5.91 Å². The number of carbonyl (C=O) groups excluding carboxylic acids is 1. The average molecular weight is 272 g/mol. The molecule has 19 heavy (non-hydrogen) atoms. The second kappa shape index (κ2) is 10.2. The van der Waals surface area contributed by atoms with E-state index in [-0.39, 0.29) is 12.5 Å². The quantitative estimate of drug-likeness (QED) is 0.605. The van der Waals surface area contributed by atoms with Gasteiger partial charge < -0.3 is 15.7 Å². The minimum atomic E-state index is -0.424. The number of carbonyl (C=O) groups is 1. The molecule has 4 nitrogen and oxygen atoms in total. The minimum Gasteiger partial charge on any atom is -0.395 e. The Morgan fingerprint density at radius 2 is 1.68 bits per heavy atom. The Kier molecular flexibility index (Phi) is 9.88. The van der Waals surface area contributed by atoms with Crippen LogP contribution in [-0.4, -0.2) is 42.2 Å². The highest BCUT2D eigenvalue weighted by Gasteiger charge is 2.38. The lowest BCUT2D eigenvalue weighted by molar-refractivity contribution is -0.143. The highest BCUT2D eigenvalue weighted by atomic mass is 16.3. The predicted octanol–water partition coefficient (Wildman–Crippen LogP) is 2.15. The Bertz CT molecular complexity index is 238. The van der Waals surface area contributed by atoms with E-state index in [1.165, 1.54) is 0 Å². The lowest BCUT2D eigenvalue weighted by atomic mass is 9.78. The summed E-state index contributed by atoms with van der Waals surface area (Å²) in [5.74, 6) is 0.140. The van der Waals surface area contributed by atoms with Crippen molar-refractivity contribution in [3.05, 3.63) is 0 Å². The SMILES string of the molecule is CCCCN(CCO)C(=O)C(CN)(CCC)CCC. The zero-order valence-corrected chi connectivity index (χ0v) is 13.0. The van der Waals surface area contributed by atoms with Gasteiger partial charge in [0.05, 0.1) is 12.0 Å². The number of hydrogen-bond donors (Lipinski definition) is 2. The number of unbranched alkanes of at least 4 members (excludes halogenated alkanes) is 1. The van der Waals surface area contributed by atoms with Gasteiger partial charge in [0.2, 0.25) is 5.91 Å². The summed E-state index contributed by atoms with van der Waals surface area (Å²) in [5.41, 5.74) is 5.51. The molecule has 0 aromatic heterocycles. The van der Waals surface area contributed by atoms with E-state index in [2.05, 4.69) is 20.8 Å². The molecule has 0 aromatic rings. The van der Waals surface area contributed by atoms with Gasteiger partial charge >= 0.3 is 0 Å². The van der Waals surface area contributed by atoms with Crippen LogP contribution >= 0.6 is 0 Å². The summed E-state index contributed by atoms with van der Waals surface area (Å²) in [6, 6.07) is 0. The topological polar surface area (TPSA) is 66.6 Å². The van der Waals surface area contributed by atoms with Gasteiger partial charge in [-0.05, 0) is 19.3 Å². The fourth-order valence-electron chi connectivity index (χ4n) is 2.71. The molecule has 0 atom stereocenters. The lowest BCUT2D eigenvalue weighted by Gasteiger charge is -2.36. The third-order valence-electron chi connectivity index (χ3n) is 3.74. The van der Waals surface area contributed by atoms with Crippen LogP contribution in [0.5, 0.6) is 0 Å². The zero-order valence-electron chi connectivity index (χ0n) is 13.0. The first-order valence-electron chi connectivity index (χ1n) is 7.72. The van der Waals surface area contributed by atoms with Crippen molar-refractivity contribution in [3.8, 4) is 0 Å². The molecule has 0 bridgehead atoms. The van der Waals surface area contributed by atoms with Crippen LogP contribution in [0.15, 0.2) is 0 Å². The molecule has 0 rings (SSSR count). The number of rotatable bonds is 11. The Hall–Kier alpha value is -0.610. The van der Waals surface area contributed by atoms with E-state index in [0.717, 1.165) is 45.1 Å². The van der Waals surface area contributed by atoms with Crippen molar-refractivity contribution < 1.29 is 9.90 Å². The third-order valence-corrected chi connectivity index (χ3v) is 3.74. The van der Waals surface area contributed by atoms with E-state index in [1.54, 1.807) is 0 Å². The second-order valence-corrected chi connectivity index (χ2v) is 5.35. The van der Waals surface area contributed by atoms with Gasteiger partial charge in [0.25, 0.3) is 0 Å². The summed E-state index contributed by atoms with van der Waals surface area (Å²) >= 11 is 0. The largest absolute Gasteiger partial charge is 0.395 e. The van der Waals surface area contributed by atoms with Crippen LogP contribution in [0.25, 0.3) is 0 Å². The van der Waals surface area contributed by atoms with Crippen LogP contribution < -0.4 is 5.73 Å². The number of hydrogen-bond acceptors (Lipinski definition) is 3. The van der Waals surface area contributed by atoms with Gasteiger partial charge in [0.1, 0.15) is 0 Å². The summed E-state index contributed by atoms with van der Waals surface area (Å²) in [5, 5.41) is 9.16. The standard InChI is InChI=1S/C15H32N2O2/c1-4-7-10-17(11-12-18)14(19)15(13-16,8-5-2)9-6-3/h18H,4-13,16H2,1-3H3. The van der Waals surface area contributed by atoms with Crippen LogP contribution in [-0.2, 0) is 4.79 Å². The number of aliphatic hydroxyl groups is 1. The van der Waals surface area contributed by atoms with Gasteiger partial charge in [-0.1, -0.05) is 40.0 Å². The van der Waals surface area contributed by atoms with Gasteiger partial charge in [-0.2, -0.15) is 0 Å². The highest BCUT2D eigenvalue weighted by Crippen LogP contribution is 2.31. The van der Waals surface area contributed by atoms with Crippen molar-refractivity contribution in [1.29, 1.82) is 0 Å². The third kappa shape index (κ3) is 5.49. The summed E-state index contributed by atoms with van der Waals surface area (Å²) in [6.45, 7) is 7.87.